The van der Waals surface area contributed by atoms with Crippen LogP contribution in [0, 0.1) is 5.92 Å². The third-order valence-electron chi connectivity index (χ3n) is 4.25. The van der Waals surface area contributed by atoms with E-state index in [1.54, 1.807) is 18.6 Å². The maximum Gasteiger partial charge on any atom is 0.227 e. The summed E-state index contributed by atoms with van der Waals surface area (Å²) in [5.41, 5.74) is 6.19. The van der Waals surface area contributed by atoms with Gasteiger partial charge in [0.2, 0.25) is 5.91 Å². The summed E-state index contributed by atoms with van der Waals surface area (Å²) >= 11 is 0. The first-order chi connectivity index (χ1) is 12.3. The number of rotatable bonds is 6. The molecule has 2 heterocycles. The lowest BCUT2D eigenvalue weighted by atomic mass is 9.96. The zero-order chi connectivity index (χ0) is 17.5. The zero-order valence-corrected chi connectivity index (χ0v) is 15.3. The van der Waals surface area contributed by atoms with Crippen LogP contribution in [0.15, 0.2) is 42.9 Å². The molecular formula is C18H24ClN5O2. The smallest absolute Gasteiger partial charge is 0.227 e. The van der Waals surface area contributed by atoms with Gasteiger partial charge in [-0.2, -0.15) is 0 Å². The van der Waals surface area contributed by atoms with Crippen LogP contribution < -0.4 is 20.7 Å². The molecule has 140 valence electrons. The second-order valence-corrected chi connectivity index (χ2v) is 5.98. The summed E-state index contributed by atoms with van der Waals surface area (Å²) in [6, 6.07) is 7.36. The molecule has 1 aromatic carbocycles. The number of carbonyl (C=O) groups excluding carboxylic acids is 1. The maximum absolute atomic E-state index is 12.5. The van der Waals surface area contributed by atoms with Crippen molar-refractivity contribution in [3.63, 3.8) is 0 Å². The number of aromatic nitrogens is 2. The highest BCUT2D eigenvalue weighted by Gasteiger charge is 2.25. The lowest BCUT2D eigenvalue weighted by Gasteiger charge is -2.31. The van der Waals surface area contributed by atoms with Crippen LogP contribution in [0.1, 0.15) is 12.8 Å². The maximum atomic E-state index is 12.5. The molecule has 1 aromatic heterocycles. The van der Waals surface area contributed by atoms with Gasteiger partial charge in [0.05, 0.1) is 6.20 Å². The molecule has 0 unspecified atom stereocenters. The second-order valence-electron chi connectivity index (χ2n) is 5.98. The average Bonchev–Trinajstić information content (AvgIpc) is 2.68. The molecule has 0 bridgehead atoms. The minimum atomic E-state index is 0. The van der Waals surface area contributed by atoms with Crippen molar-refractivity contribution in [2.45, 2.75) is 12.8 Å². The molecule has 1 fully saturated rings. The van der Waals surface area contributed by atoms with Gasteiger partial charge in [0.25, 0.3) is 0 Å². The average molecular weight is 378 g/mol. The fraction of sp³-hybridized carbons (Fsp3) is 0.389. The highest BCUT2D eigenvalue weighted by molar-refractivity contribution is 5.92. The highest BCUT2D eigenvalue weighted by atomic mass is 35.5. The summed E-state index contributed by atoms with van der Waals surface area (Å²) < 4.78 is 5.43. The van der Waals surface area contributed by atoms with Crippen molar-refractivity contribution < 1.29 is 9.53 Å². The van der Waals surface area contributed by atoms with E-state index < -0.39 is 0 Å². The quantitative estimate of drug-likeness (QED) is 0.800. The lowest BCUT2D eigenvalue weighted by Crippen LogP contribution is -2.38. The Morgan fingerprint density at radius 2 is 1.96 bits per heavy atom. The first-order valence-electron chi connectivity index (χ1n) is 8.51. The number of amides is 1. The number of benzene rings is 1. The van der Waals surface area contributed by atoms with Crippen LogP contribution in [0.5, 0.6) is 5.75 Å². The van der Waals surface area contributed by atoms with Gasteiger partial charge >= 0.3 is 0 Å². The van der Waals surface area contributed by atoms with Crippen LogP contribution in [-0.4, -0.2) is 42.1 Å². The monoisotopic (exact) mass is 377 g/mol. The van der Waals surface area contributed by atoms with E-state index in [-0.39, 0.29) is 24.2 Å². The van der Waals surface area contributed by atoms with Crippen molar-refractivity contribution in [3.8, 4) is 5.75 Å². The van der Waals surface area contributed by atoms with Crippen molar-refractivity contribution >= 4 is 29.8 Å². The fourth-order valence-corrected chi connectivity index (χ4v) is 2.88. The van der Waals surface area contributed by atoms with Gasteiger partial charge in [-0.05, 0) is 37.1 Å². The summed E-state index contributed by atoms with van der Waals surface area (Å²) in [7, 11) is 0. The predicted molar refractivity (Wildman–Crippen MR) is 104 cm³/mol. The van der Waals surface area contributed by atoms with Crippen LogP contribution >= 0.6 is 12.4 Å². The van der Waals surface area contributed by atoms with Crippen molar-refractivity contribution in [2.75, 3.05) is 36.5 Å². The van der Waals surface area contributed by atoms with Gasteiger partial charge < -0.3 is 20.7 Å². The molecule has 0 saturated carbocycles. The Hall–Kier alpha value is -2.38. The SMILES string of the molecule is Cl.NCCOc1ccc(NC(=O)C2CCN(c3cnccn3)CC2)cc1. The number of piperidine rings is 1. The minimum Gasteiger partial charge on any atom is -0.492 e. The van der Waals surface area contributed by atoms with Gasteiger partial charge in [0.1, 0.15) is 18.2 Å². The molecule has 7 nitrogen and oxygen atoms in total. The molecule has 1 aliphatic rings. The highest BCUT2D eigenvalue weighted by Crippen LogP contribution is 2.23. The number of carbonyl (C=O) groups is 1. The van der Waals surface area contributed by atoms with Crippen molar-refractivity contribution in [1.29, 1.82) is 0 Å². The molecule has 0 atom stereocenters. The Labute approximate surface area is 159 Å². The molecule has 1 amide bonds. The molecule has 8 heteroatoms. The van der Waals surface area contributed by atoms with Crippen molar-refractivity contribution in [2.24, 2.45) is 11.7 Å². The van der Waals surface area contributed by atoms with E-state index >= 15 is 0 Å². The fourth-order valence-electron chi connectivity index (χ4n) is 2.88. The number of anilines is 2. The van der Waals surface area contributed by atoms with E-state index in [1.807, 2.05) is 24.3 Å². The van der Waals surface area contributed by atoms with Crippen LogP contribution in [0.2, 0.25) is 0 Å². The number of halogens is 1. The molecule has 3 rings (SSSR count). The van der Waals surface area contributed by atoms with Crippen LogP contribution in [-0.2, 0) is 4.79 Å². The lowest BCUT2D eigenvalue weighted by molar-refractivity contribution is -0.120. The van der Waals surface area contributed by atoms with Gasteiger partial charge in [-0.3, -0.25) is 9.78 Å². The number of nitrogens with zero attached hydrogens (tertiary/aromatic N) is 3. The third-order valence-corrected chi connectivity index (χ3v) is 4.25. The molecule has 1 saturated heterocycles. The van der Waals surface area contributed by atoms with Crippen LogP contribution in [0.4, 0.5) is 11.5 Å². The number of ether oxygens (including phenoxy) is 1. The van der Waals surface area contributed by atoms with Gasteiger partial charge in [-0.1, -0.05) is 0 Å². The molecule has 26 heavy (non-hydrogen) atoms. The normalized spacial score (nSPS) is 14.4. The molecule has 2 aromatic rings. The Morgan fingerprint density at radius 1 is 1.23 bits per heavy atom. The molecule has 0 aliphatic carbocycles. The largest absolute Gasteiger partial charge is 0.492 e. The van der Waals surface area contributed by atoms with E-state index in [9.17, 15) is 4.79 Å². The summed E-state index contributed by atoms with van der Waals surface area (Å²) in [6.07, 6.45) is 6.72. The number of hydrogen-bond acceptors (Lipinski definition) is 6. The standard InChI is InChI=1S/C18H23N5O2.ClH/c19-7-12-25-16-3-1-15(2-4-16)22-18(24)14-5-10-23(11-6-14)17-13-20-8-9-21-17;/h1-4,8-9,13-14H,5-7,10-12,19H2,(H,22,24);1H. The van der Waals surface area contributed by atoms with Gasteiger partial charge in [0.15, 0.2) is 0 Å². The van der Waals surface area contributed by atoms with Gasteiger partial charge in [0, 0.05) is 43.6 Å². The van der Waals surface area contributed by atoms with E-state index in [2.05, 4.69) is 20.2 Å². The molecule has 1 aliphatic heterocycles. The third kappa shape index (κ3) is 5.31. The Balaban J connectivity index is 0.00000243. The van der Waals surface area contributed by atoms with Gasteiger partial charge in [-0.15, -0.1) is 12.4 Å². The molecule has 0 spiro atoms. The molecule has 0 radical (unpaired) electrons. The summed E-state index contributed by atoms with van der Waals surface area (Å²) in [5.74, 6) is 1.70. The molecular weight excluding hydrogens is 354 g/mol. The predicted octanol–water partition coefficient (Wildman–Crippen LogP) is 2.09. The van der Waals surface area contributed by atoms with Crippen LogP contribution in [0.3, 0.4) is 0 Å². The van der Waals surface area contributed by atoms with E-state index in [4.69, 9.17) is 10.5 Å². The molecule has 3 N–H and O–H groups in total. The van der Waals surface area contributed by atoms with Crippen molar-refractivity contribution in [1.82, 2.24) is 9.97 Å². The summed E-state index contributed by atoms with van der Waals surface area (Å²) in [6.45, 7) is 2.58. The Morgan fingerprint density at radius 3 is 2.58 bits per heavy atom. The van der Waals surface area contributed by atoms with E-state index in [0.29, 0.717) is 13.2 Å². The van der Waals surface area contributed by atoms with Gasteiger partial charge in [-0.25, -0.2) is 4.98 Å². The number of nitrogens with one attached hydrogen (secondary N) is 1. The summed E-state index contributed by atoms with van der Waals surface area (Å²) in [5, 5.41) is 2.98. The first-order valence-corrected chi connectivity index (χ1v) is 8.51. The number of hydrogen-bond donors (Lipinski definition) is 2. The second kappa shape index (κ2) is 9.94. The van der Waals surface area contributed by atoms with Crippen molar-refractivity contribution in [3.05, 3.63) is 42.9 Å². The van der Waals surface area contributed by atoms with Crippen LogP contribution in [0.25, 0.3) is 0 Å². The number of nitrogens with two attached hydrogens (primary N) is 1. The summed E-state index contributed by atoms with van der Waals surface area (Å²) in [4.78, 5) is 23.0. The van der Waals surface area contributed by atoms with E-state index in [1.165, 1.54) is 0 Å². The zero-order valence-electron chi connectivity index (χ0n) is 14.5. The Kier molecular flexibility index (Phi) is 7.62. The first kappa shape index (κ1) is 19.9. The Bertz CT molecular complexity index is 676. The van der Waals surface area contributed by atoms with E-state index in [0.717, 1.165) is 43.2 Å². The minimum absolute atomic E-state index is 0. The topological polar surface area (TPSA) is 93.4 Å².